The summed E-state index contributed by atoms with van der Waals surface area (Å²) in [5.74, 6) is 1.19. The first-order valence-electron chi connectivity index (χ1n) is 9.78. The van der Waals surface area contributed by atoms with Crippen LogP contribution in [-0.4, -0.2) is 29.2 Å². The Labute approximate surface area is 158 Å². The Bertz CT molecular complexity index is 832. The fourth-order valence-corrected chi connectivity index (χ4v) is 5.57. The molecule has 6 rings (SSSR count). The molecule has 0 aromatic heterocycles. The number of likely N-dealkylation sites (tertiary alicyclic amines) is 1. The lowest BCUT2D eigenvalue weighted by Crippen LogP contribution is -2.40. The molecule has 2 amide bonds. The largest absolute Gasteiger partial charge is 0.426 e. The Morgan fingerprint density at radius 3 is 2.15 bits per heavy atom. The van der Waals surface area contributed by atoms with Crippen molar-refractivity contribution in [1.29, 1.82) is 0 Å². The molecule has 3 fully saturated rings. The molecule has 1 aromatic carbocycles. The summed E-state index contributed by atoms with van der Waals surface area (Å²) in [6.45, 7) is 3.90. The zero-order chi connectivity index (χ0) is 18.9. The van der Waals surface area contributed by atoms with Crippen molar-refractivity contribution in [1.82, 2.24) is 4.90 Å². The van der Waals surface area contributed by atoms with Gasteiger partial charge in [-0.2, -0.15) is 0 Å². The fraction of sp³-hybridized carbons (Fsp3) is 0.500. The second-order valence-corrected chi connectivity index (χ2v) is 8.43. The third-order valence-electron chi connectivity index (χ3n) is 6.92. The van der Waals surface area contributed by atoms with E-state index in [-0.39, 0.29) is 48.5 Å². The molecule has 0 unspecified atom stereocenters. The monoisotopic (exact) mass is 365 g/mol. The third-order valence-corrected chi connectivity index (χ3v) is 6.92. The maximum Gasteiger partial charge on any atom is 0.313 e. The summed E-state index contributed by atoms with van der Waals surface area (Å²) in [6.07, 6.45) is 5.49. The van der Waals surface area contributed by atoms with Gasteiger partial charge in [0, 0.05) is 6.54 Å². The minimum absolute atomic E-state index is 0.0281. The average Bonchev–Trinajstić information content (AvgIpc) is 3.42. The molecule has 0 radical (unpaired) electrons. The van der Waals surface area contributed by atoms with E-state index in [1.807, 2.05) is 32.0 Å². The van der Waals surface area contributed by atoms with E-state index in [1.165, 1.54) is 4.90 Å². The van der Waals surface area contributed by atoms with Crippen LogP contribution in [0.2, 0.25) is 0 Å². The van der Waals surface area contributed by atoms with Crippen LogP contribution in [0.5, 0.6) is 5.75 Å². The van der Waals surface area contributed by atoms with Crippen LogP contribution in [-0.2, 0) is 14.4 Å². The van der Waals surface area contributed by atoms with Crippen LogP contribution < -0.4 is 4.74 Å². The minimum atomic E-state index is -0.410. The number of para-hydroxylation sites is 1. The Hall–Kier alpha value is -2.43. The number of imide groups is 1. The Morgan fingerprint density at radius 1 is 1.04 bits per heavy atom. The number of hydrogen-bond donors (Lipinski definition) is 0. The number of allylic oxidation sites excluding steroid dienone is 2. The molecule has 27 heavy (non-hydrogen) atoms. The van der Waals surface area contributed by atoms with Crippen molar-refractivity contribution in [2.75, 3.05) is 6.54 Å². The minimum Gasteiger partial charge on any atom is -0.426 e. The molecule has 1 aromatic rings. The van der Waals surface area contributed by atoms with Crippen molar-refractivity contribution in [3.8, 4) is 5.75 Å². The van der Waals surface area contributed by atoms with Crippen LogP contribution in [0.15, 0.2) is 30.4 Å². The van der Waals surface area contributed by atoms with Crippen molar-refractivity contribution in [2.24, 2.45) is 35.5 Å². The average molecular weight is 365 g/mol. The third kappa shape index (κ3) is 2.40. The summed E-state index contributed by atoms with van der Waals surface area (Å²) in [4.78, 5) is 39.4. The lowest BCUT2D eigenvalue weighted by Gasteiger charge is -2.37. The molecular weight excluding hydrogens is 342 g/mol. The lowest BCUT2D eigenvalue weighted by atomic mass is 9.63. The van der Waals surface area contributed by atoms with Gasteiger partial charge in [0.25, 0.3) is 0 Å². The molecule has 1 heterocycles. The number of hydrogen-bond acceptors (Lipinski definition) is 4. The van der Waals surface area contributed by atoms with Gasteiger partial charge in [-0.15, -0.1) is 0 Å². The van der Waals surface area contributed by atoms with Crippen LogP contribution in [0.4, 0.5) is 0 Å². The maximum atomic E-state index is 12.9. The SMILES string of the molecule is Cc1cccc(C)c1OC(=O)CCN1C(=O)[C@@H]2[C@@H]3C=C[C@H]([C@@H]4C[C@H]34)[C@@H]2C1=O. The number of benzene rings is 1. The highest BCUT2D eigenvalue weighted by molar-refractivity contribution is 6.06. The molecule has 5 nitrogen and oxygen atoms in total. The van der Waals surface area contributed by atoms with Gasteiger partial charge in [-0.3, -0.25) is 19.3 Å². The van der Waals surface area contributed by atoms with Gasteiger partial charge in [0.15, 0.2) is 0 Å². The van der Waals surface area contributed by atoms with E-state index in [9.17, 15) is 14.4 Å². The molecule has 1 aliphatic heterocycles. The zero-order valence-electron chi connectivity index (χ0n) is 15.6. The molecule has 140 valence electrons. The van der Waals surface area contributed by atoms with Crippen LogP contribution in [0.3, 0.4) is 0 Å². The molecule has 5 aliphatic rings. The number of nitrogens with zero attached hydrogens (tertiary/aromatic N) is 1. The molecule has 5 heteroatoms. The Morgan fingerprint density at radius 2 is 1.59 bits per heavy atom. The molecule has 4 aliphatic carbocycles. The molecule has 2 saturated carbocycles. The number of carbonyl (C=O) groups is 3. The van der Waals surface area contributed by atoms with E-state index in [2.05, 4.69) is 12.2 Å². The highest BCUT2D eigenvalue weighted by Gasteiger charge is 2.66. The van der Waals surface area contributed by atoms with Gasteiger partial charge in [0.1, 0.15) is 5.75 Å². The Balaban J connectivity index is 1.26. The molecule has 6 atom stereocenters. The van der Waals surface area contributed by atoms with Gasteiger partial charge in [-0.05, 0) is 55.1 Å². The van der Waals surface area contributed by atoms with E-state index in [0.29, 0.717) is 17.6 Å². The highest BCUT2D eigenvalue weighted by atomic mass is 16.5. The quantitative estimate of drug-likeness (QED) is 0.356. The molecule has 0 N–H and O–H groups in total. The lowest BCUT2D eigenvalue weighted by molar-refractivity contribution is -0.141. The number of aryl methyl sites for hydroxylation is 2. The van der Waals surface area contributed by atoms with Crippen molar-refractivity contribution >= 4 is 17.8 Å². The standard InChI is InChI=1S/C22H23NO4/c1-11-4-3-5-12(2)20(11)27-17(24)8-9-23-21(25)18-13-6-7-14(16-10-15(13)16)19(18)22(23)26/h3-7,13-16,18-19H,8-10H2,1-2H3/t13-,14-,15-,16+,18-,19+/m1/s1. The molecule has 0 spiro atoms. The predicted octanol–water partition coefficient (Wildman–Crippen LogP) is 2.65. The summed E-state index contributed by atoms with van der Waals surface area (Å²) in [5.41, 5.74) is 1.79. The van der Waals surface area contributed by atoms with Crippen molar-refractivity contribution in [3.05, 3.63) is 41.5 Å². The van der Waals surface area contributed by atoms with Gasteiger partial charge in [0.05, 0.1) is 18.3 Å². The van der Waals surface area contributed by atoms with E-state index >= 15 is 0 Å². The number of rotatable bonds is 4. The first-order chi connectivity index (χ1) is 13.0. The summed E-state index contributed by atoms with van der Waals surface area (Å²) in [7, 11) is 0. The zero-order valence-corrected chi connectivity index (χ0v) is 15.6. The molecule has 1 saturated heterocycles. The van der Waals surface area contributed by atoms with Crippen molar-refractivity contribution in [2.45, 2.75) is 26.7 Å². The van der Waals surface area contributed by atoms with Gasteiger partial charge < -0.3 is 4.74 Å². The van der Waals surface area contributed by atoms with Crippen LogP contribution in [0.25, 0.3) is 0 Å². The predicted molar refractivity (Wildman–Crippen MR) is 97.6 cm³/mol. The smallest absolute Gasteiger partial charge is 0.313 e. The normalized spacial score (nSPS) is 35.3. The molecular formula is C22H23NO4. The van der Waals surface area contributed by atoms with Crippen LogP contribution in [0.1, 0.15) is 24.0 Å². The van der Waals surface area contributed by atoms with Gasteiger partial charge in [0.2, 0.25) is 11.8 Å². The maximum absolute atomic E-state index is 12.9. The number of ether oxygens (including phenoxy) is 1. The van der Waals surface area contributed by atoms with Crippen LogP contribution >= 0.6 is 0 Å². The van der Waals surface area contributed by atoms with Crippen LogP contribution in [0, 0.1) is 49.4 Å². The first kappa shape index (κ1) is 16.7. The molecule has 2 bridgehead atoms. The second-order valence-electron chi connectivity index (χ2n) is 8.43. The van der Waals surface area contributed by atoms with E-state index in [1.54, 1.807) is 0 Å². The fourth-order valence-electron chi connectivity index (χ4n) is 5.57. The summed E-state index contributed by atoms with van der Waals surface area (Å²) < 4.78 is 5.50. The van der Waals surface area contributed by atoms with Crippen molar-refractivity contribution in [3.63, 3.8) is 0 Å². The number of esters is 1. The second kappa shape index (κ2) is 5.78. The highest BCUT2D eigenvalue weighted by Crippen LogP contribution is 2.65. The summed E-state index contributed by atoms with van der Waals surface area (Å²) >= 11 is 0. The van der Waals surface area contributed by atoms with E-state index in [0.717, 1.165) is 17.5 Å². The van der Waals surface area contributed by atoms with E-state index in [4.69, 9.17) is 4.74 Å². The first-order valence-corrected chi connectivity index (χ1v) is 9.78. The number of carbonyl (C=O) groups excluding carboxylic acids is 3. The topological polar surface area (TPSA) is 63.7 Å². The van der Waals surface area contributed by atoms with Gasteiger partial charge >= 0.3 is 5.97 Å². The van der Waals surface area contributed by atoms with Crippen molar-refractivity contribution < 1.29 is 19.1 Å². The number of amides is 2. The van der Waals surface area contributed by atoms with E-state index < -0.39 is 5.97 Å². The summed E-state index contributed by atoms with van der Waals surface area (Å²) in [5, 5.41) is 0. The van der Waals surface area contributed by atoms with Gasteiger partial charge in [-0.1, -0.05) is 30.4 Å². The Kier molecular flexibility index (Phi) is 3.58. The van der Waals surface area contributed by atoms with Gasteiger partial charge in [-0.25, -0.2) is 0 Å². The summed E-state index contributed by atoms with van der Waals surface area (Å²) in [6, 6.07) is 5.70.